The van der Waals surface area contributed by atoms with Crippen molar-refractivity contribution in [3.8, 4) is 0 Å². The second-order valence-corrected chi connectivity index (χ2v) is 4.85. The quantitative estimate of drug-likeness (QED) is 0.763. The number of aromatic nitrogens is 1. The SMILES string of the molecule is C=CCC[C@H](C)n1cc(Br)c(C(F)(F)F)cc1=O. The monoisotopic (exact) mass is 323 g/mol. The van der Waals surface area contributed by atoms with E-state index in [2.05, 4.69) is 22.5 Å². The van der Waals surface area contributed by atoms with Crippen molar-refractivity contribution in [2.45, 2.75) is 32.0 Å². The fraction of sp³-hybridized carbons (Fsp3) is 0.417. The third-order valence-electron chi connectivity index (χ3n) is 2.60. The average Bonchev–Trinajstić information content (AvgIpc) is 2.27. The van der Waals surface area contributed by atoms with E-state index in [0.29, 0.717) is 18.9 Å². The molecular weight excluding hydrogens is 311 g/mol. The highest BCUT2D eigenvalue weighted by molar-refractivity contribution is 9.10. The van der Waals surface area contributed by atoms with Gasteiger partial charge in [0.1, 0.15) is 0 Å². The van der Waals surface area contributed by atoms with E-state index in [0.717, 1.165) is 0 Å². The van der Waals surface area contributed by atoms with Gasteiger partial charge in [-0.25, -0.2) is 0 Å². The number of hydrogen-bond donors (Lipinski definition) is 0. The Morgan fingerprint density at radius 2 is 2.17 bits per heavy atom. The molecule has 0 bridgehead atoms. The Morgan fingerprint density at radius 1 is 1.56 bits per heavy atom. The third kappa shape index (κ3) is 3.48. The molecule has 0 N–H and O–H groups in total. The molecule has 6 heteroatoms. The minimum atomic E-state index is -4.53. The van der Waals surface area contributed by atoms with Crippen LogP contribution in [0, 0.1) is 0 Å². The van der Waals surface area contributed by atoms with Gasteiger partial charge in [-0.15, -0.1) is 6.58 Å². The van der Waals surface area contributed by atoms with Gasteiger partial charge in [-0.1, -0.05) is 6.08 Å². The van der Waals surface area contributed by atoms with Gasteiger partial charge in [-0.05, 0) is 35.7 Å². The van der Waals surface area contributed by atoms with Gasteiger partial charge in [-0.2, -0.15) is 13.2 Å². The maximum Gasteiger partial charge on any atom is 0.417 e. The van der Waals surface area contributed by atoms with E-state index in [9.17, 15) is 18.0 Å². The lowest BCUT2D eigenvalue weighted by Gasteiger charge is -2.17. The summed E-state index contributed by atoms with van der Waals surface area (Å²) in [6, 6.07) is 0.447. The Kier molecular flexibility index (Phi) is 4.78. The summed E-state index contributed by atoms with van der Waals surface area (Å²) in [5, 5.41) is 0. The smallest absolute Gasteiger partial charge is 0.312 e. The molecule has 1 rings (SSSR count). The zero-order valence-corrected chi connectivity index (χ0v) is 11.4. The average molecular weight is 324 g/mol. The summed E-state index contributed by atoms with van der Waals surface area (Å²) in [5.74, 6) is 0. The molecular formula is C12H13BrF3NO. The molecule has 0 spiro atoms. The van der Waals surface area contributed by atoms with E-state index < -0.39 is 17.3 Å². The van der Waals surface area contributed by atoms with E-state index in [4.69, 9.17) is 0 Å². The van der Waals surface area contributed by atoms with Crippen LogP contribution in [0.5, 0.6) is 0 Å². The molecule has 0 saturated carbocycles. The summed E-state index contributed by atoms with van der Waals surface area (Å²) >= 11 is 2.85. The van der Waals surface area contributed by atoms with Crippen LogP contribution in [0.15, 0.2) is 34.2 Å². The molecule has 0 aliphatic carbocycles. The first kappa shape index (κ1) is 15.0. The molecule has 1 atom stereocenters. The molecule has 1 aromatic rings. The Morgan fingerprint density at radius 3 is 2.67 bits per heavy atom. The van der Waals surface area contributed by atoms with E-state index >= 15 is 0 Å². The van der Waals surface area contributed by atoms with E-state index in [1.54, 1.807) is 13.0 Å². The number of rotatable bonds is 4. The van der Waals surface area contributed by atoms with Gasteiger partial charge < -0.3 is 4.57 Å². The second-order valence-electron chi connectivity index (χ2n) is 3.99. The van der Waals surface area contributed by atoms with Gasteiger partial charge in [0, 0.05) is 22.8 Å². The molecule has 0 aliphatic heterocycles. The Bertz CT molecular complexity index is 493. The lowest BCUT2D eigenvalue weighted by molar-refractivity contribution is -0.138. The molecule has 0 radical (unpaired) electrons. The van der Waals surface area contributed by atoms with Crippen molar-refractivity contribution in [2.24, 2.45) is 0 Å². The fourth-order valence-electron chi connectivity index (χ4n) is 1.58. The highest BCUT2D eigenvalue weighted by atomic mass is 79.9. The van der Waals surface area contributed by atoms with Crippen molar-refractivity contribution in [1.82, 2.24) is 4.57 Å². The van der Waals surface area contributed by atoms with Gasteiger partial charge >= 0.3 is 6.18 Å². The summed E-state index contributed by atoms with van der Waals surface area (Å²) in [5.41, 5.74) is -1.60. The first-order chi connectivity index (χ1) is 8.27. The molecule has 18 heavy (non-hydrogen) atoms. The van der Waals surface area contributed by atoms with Crippen molar-refractivity contribution >= 4 is 15.9 Å². The summed E-state index contributed by atoms with van der Waals surface area (Å²) in [7, 11) is 0. The largest absolute Gasteiger partial charge is 0.417 e. The zero-order chi connectivity index (χ0) is 13.9. The Hall–Kier alpha value is -1.04. The van der Waals surface area contributed by atoms with Crippen molar-refractivity contribution in [3.63, 3.8) is 0 Å². The lowest BCUT2D eigenvalue weighted by atomic mass is 10.1. The molecule has 1 heterocycles. The number of alkyl halides is 3. The first-order valence-corrected chi connectivity index (χ1v) is 6.16. The molecule has 2 nitrogen and oxygen atoms in total. The second kappa shape index (κ2) is 5.73. The van der Waals surface area contributed by atoms with Gasteiger partial charge in [-0.3, -0.25) is 4.79 Å². The first-order valence-electron chi connectivity index (χ1n) is 5.37. The highest BCUT2D eigenvalue weighted by Crippen LogP contribution is 2.33. The maximum atomic E-state index is 12.6. The van der Waals surface area contributed by atoms with E-state index in [1.807, 2.05) is 0 Å². The summed E-state index contributed by atoms with van der Waals surface area (Å²) in [4.78, 5) is 11.7. The van der Waals surface area contributed by atoms with Crippen molar-refractivity contribution in [2.75, 3.05) is 0 Å². The number of nitrogens with zero attached hydrogens (tertiary/aromatic N) is 1. The third-order valence-corrected chi connectivity index (χ3v) is 3.23. The number of hydrogen-bond acceptors (Lipinski definition) is 1. The van der Waals surface area contributed by atoms with Gasteiger partial charge in [0.05, 0.1) is 5.56 Å². The van der Waals surface area contributed by atoms with E-state index in [-0.39, 0.29) is 10.5 Å². The highest BCUT2D eigenvalue weighted by Gasteiger charge is 2.34. The number of halogens is 4. The standard InChI is InChI=1S/C12H13BrF3NO/c1-3-4-5-8(2)17-7-10(13)9(6-11(17)18)12(14,15)16/h3,6-8H,1,4-5H2,2H3/t8-/m0/s1. The summed E-state index contributed by atoms with van der Waals surface area (Å²) in [6.45, 7) is 5.35. The van der Waals surface area contributed by atoms with Crippen LogP contribution in [0.1, 0.15) is 31.4 Å². The molecule has 0 aliphatic rings. The predicted molar refractivity (Wildman–Crippen MR) is 67.5 cm³/mol. The van der Waals surface area contributed by atoms with Crippen LogP contribution in [0.3, 0.4) is 0 Å². The van der Waals surface area contributed by atoms with Crippen molar-refractivity contribution < 1.29 is 13.2 Å². The molecule has 0 saturated heterocycles. The molecule has 0 aromatic carbocycles. The van der Waals surface area contributed by atoms with Crippen LogP contribution >= 0.6 is 15.9 Å². The van der Waals surface area contributed by atoms with Crippen LogP contribution in [0.2, 0.25) is 0 Å². The topological polar surface area (TPSA) is 22.0 Å². The van der Waals surface area contributed by atoms with Crippen LogP contribution in [0.25, 0.3) is 0 Å². The van der Waals surface area contributed by atoms with Crippen LogP contribution in [0.4, 0.5) is 13.2 Å². The maximum absolute atomic E-state index is 12.6. The summed E-state index contributed by atoms with van der Waals surface area (Å²) < 4.78 is 38.9. The molecule has 0 unspecified atom stereocenters. The van der Waals surface area contributed by atoms with Gasteiger partial charge in [0.15, 0.2) is 0 Å². The molecule has 100 valence electrons. The Labute approximate surface area is 111 Å². The lowest BCUT2D eigenvalue weighted by Crippen LogP contribution is -2.25. The molecule has 0 amide bonds. The summed E-state index contributed by atoms with van der Waals surface area (Å²) in [6.07, 6.45) is -0.269. The van der Waals surface area contributed by atoms with Crippen LogP contribution in [-0.2, 0) is 6.18 Å². The van der Waals surface area contributed by atoms with Crippen molar-refractivity contribution in [3.05, 3.63) is 45.3 Å². The Balaban J connectivity index is 3.15. The minimum Gasteiger partial charge on any atom is -0.312 e. The number of pyridine rings is 1. The minimum absolute atomic E-state index is 0.125. The normalized spacial score (nSPS) is 13.4. The molecule has 0 fully saturated rings. The van der Waals surface area contributed by atoms with Gasteiger partial charge in [0.2, 0.25) is 0 Å². The number of allylic oxidation sites excluding steroid dienone is 1. The van der Waals surface area contributed by atoms with Gasteiger partial charge in [0.25, 0.3) is 5.56 Å². The van der Waals surface area contributed by atoms with Crippen LogP contribution < -0.4 is 5.56 Å². The molecule has 1 aromatic heterocycles. The zero-order valence-electron chi connectivity index (χ0n) is 9.80. The van der Waals surface area contributed by atoms with E-state index in [1.165, 1.54) is 10.8 Å². The fourth-order valence-corrected chi connectivity index (χ4v) is 2.14. The van der Waals surface area contributed by atoms with Crippen LogP contribution in [-0.4, -0.2) is 4.57 Å². The van der Waals surface area contributed by atoms with Crippen molar-refractivity contribution in [1.29, 1.82) is 0 Å². The predicted octanol–water partition coefficient (Wildman–Crippen LogP) is 4.16.